The van der Waals surface area contributed by atoms with Gasteiger partial charge in [0.2, 0.25) is 5.91 Å². The molecule has 0 atom stereocenters. The highest BCUT2D eigenvalue weighted by atomic mass is 35.5. The third kappa shape index (κ3) is 14.7. The summed E-state index contributed by atoms with van der Waals surface area (Å²) in [4.78, 5) is 11.9. The Labute approximate surface area is 188 Å². The van der Waals surface area contributed by atoms with E-state index in [-0.39, 0.29) is 12.5 Å². The number of hydrogen-bond donors (Lipinski definition) is 2. The zero-order valence-electron chi connectivity index (χ0n) is 18.2. The van der Waals surface area contributed by atoms with Crippen LogP contribution in [0.1, 0.15) is 96.8 Å². The zero-order valence-corrected chi connectivity index (χ0v) is 19.7. The summed E-state index contributed by atoms with van der Waals surface area (Å²) in [5.74, 6) is -0.00860. The molecule has 0 fully saturated rings. The van der Waals surface area contributed by atoms with Crippen molar-refractivity contribution in [2.24, 2.45) is 0 Å². The molecule has 0 bridgehead atoms. The largest absolute Gasteiger partial charge is 0.375 e. The van der Waals surface area contributed by atoms with E-state index in [2.05, 4.69) is 17.6 Å². The summed E-state index contributed by atoms with van der Waals surface area (Å²) in [5.41, 5.74) is 0.725. The van der Waals surface area contributed by atoms with Crippen molar-refractivity contribution in [3.63, 3.8) is 0 Å². The second-order valence-corrected chi connectivity index (χ2v) is 8.77. The molecule has 166 valence electrons. The lowest BCUT2D eigenvalue weighted by atomic mass is 10.0. The number of anilines is 1. The molecule has 29 heavy (non-hydrogen) atoms. The van der Waals surface area contributed by atoms with Crippen molar-refractivity contribution >= 4 is 34.8 Å². The molecule has 0 aliphatic heterocycles. The maximum Gasteiger partial charge on any atom is 0.239 e. The molecule has 0 spiro atoms. The fourth-order valence-electron chi connectivity index (χ4n) is 3.42. The van der Waals surface area contributed by atoms with Crippen molar-refractivity contribution in [2.75, 3.05) is 18.4 Å². The molecular weight excluding hydrogens is 403 g/mol. The molecule has 0 aliphatic carbocycles. The highest BCUT2D eigenvalue weighted by molar-refractivity contribution is 6.36. The van der Waals surface area contributed by atoms with Gasteiger partial charge in [0.1, 0.15) is 0 Å². The summed E-state index contributed by atoms with van der Waals surface area (Å²) in [7, 11) is 0. The molecule has 5 heteroatoms. The molecule has 0 heterocycles. The number of rotatable bonds is 18. The molecule has 1 aromatic rings. The van der Waals surface area contributed by atoms with Crippen molar-refractivity contribution in [1.29, 1.82) is 0 Å². The topological polar surface area (TPSA) is 41.1 Å². The lowest BCUT2D eigenvalue weighted by molar-refractivity contribution is -0.119. The molecule has 0 unspecified atom stereocenters. The van der Waals surface area contributed by atoms with Crippen LogP contribution in [0, 0.1) is 0 Å². The first-order valence-corrected chi connectivity index (χ1v) is 12.3. The summed E-state index contributed by atoms with van der Waals surface area (Å²) in [6.07, 6.45) is 18.8. The maximum absolute atomic E-state index is 11.9. The summed E-state index contributed by atoms with van der Waals surface area (Å²) in [5, 5.41) is 7.11. The van der Waals surface area contributed by atoms with Crippen molar-refractivity contribution in [1.82, 2.24) is 5.32 Å². The van der Waals surface area contributed by atoms with E-state index in [4.69, 9.17) is 23.2 Å². The fourth-order valence-corrected chi connectivity index (χ4v) is 3.89. The minimum absolute atomic E-state index is 0.00860. The van der Waals surface area contributed by atoms with Gasteiger partial charge in [-0.3, -0.25) is 4.79 Å². The van der Waals surface area contributed by atoms with Crippen LogP contribution in [0.2, 0.25) is 10.0 Å². The molecule has 3 nitrogen and oxygen atoms in total. The predicted octanol–water partition coefficient (Wildman–Crippen LogP) is 8.00. The quantitative estimate of drug-likeness (QED) is 0.226. The Morgan fingerprint density at radius 3 is 1.83 bits per heavy atom. The third-order valence-corrected chi connectivity index (χ3v) is 5.77. The Kier molecular flexibility index (Phi) is 16.1. The molecule has 1 aromatic carbocycles. The van der Waals surface area contributed by atoms with E-state index in [1.165, 1.54) is 83.5 Å². The van der Waals surface area contributed by atoms with E-state index in [0.717, 1.165) is 18.7 Å². The predicted molar refractivity (Wildman–Crippen MR) is 128 cm³/mol. The second kappa shape index (κ2) is 17.9. The third-order valence-electron chi connectivity index (χ3n) is 5.22. The Balaban J connectivity index is 1.85. The molecule has 0 aliphatic rings. The van der Waals surface area contributed by atoms with Gasteiger partial charge in [0.25, 0.3) is 0 Å². The first-order chi connectivity index (χ1) is 14.1. The van der Waals surface area contributed by atoms with E-state index in [1.807, 2.05) is 0 Å². The molecule has 0 saturated heterocycles. The molecule has 0 aromatic heterocycles. The van der Waals surface area contributed by atoms with Crippen LogP contribution in [0.15, 0.2) is 18.2 Å². The van der Waals surface area contributed by atoms with E-state index < -0.39 is 0 Å². The van der Waals surface area contributed by atoms with Crippen LogP contribution in [-0.2, 0) is 4.79 Å². The first-order valence-electron chi connectivity index (χ1n) is 11.6. The Bertz CT molecular complexity index is 552. The van der Waals surface area contributed by atoms with Gasteiger partial charge in [0.15, 0.2) is 0 Å². The molecule has 0 radical (unpaired) electrons. The van der Waals surface area contributed by atoms with Crippen LogP contribution in [0.3, 0.4) is 0 Å². The standard InChI is InChI=1S/C24H40Cl2N2O/c1-2-3-4-5-6-7-8-9-10-11-12-13-14-15-18-27-24(29)20-28-23-17-16-21(25)19-22(23)26/h16-17,19,28H,2-15,18,20H2,1H3,(H,27,29). The van der Waals surface area contributed by atoms with Gasteiger partial charge in [-0.25, -0.2) is 0 Å². The van der Waals surface area contributed by atoms with Crippen LogP contribution in [0.4, 0.5) is 5.69 Å². The van der Waals surface area contributed by atoms with Crippen molar-refractivity contribution in [2.45, 2.75) is 96.8 Å². The number of nitrogens with one attached hydrogen (secondary N) is 2. The lowest BCUT2D eigenvalue weighted by Crippen LogP contribution is -2.30. The fraction of sp³-hybridized carbons (Fsp3) is 0.708. The van der Waals surface area contributed by atoms with Gasteiger partial charge in [-0.2, -0.15) is 0 Å². The normalized spacial score (nSPS) is 10.9. The number of amides is 1. The van der Waals surface area contributed by atoms with Crippen LogP contribution >= 0.6 is 23.2 Å². The average molecular weight is 444 g/mol. The van der Waals surface area contributed by atoms with Crippen molar-refractivity contribution in [3.05, 3.63) is 28.2 Å². The summed E-state index contributed by atoms with van der Waals surface area (Å²) < 4.78 is 0. The van der Waals surface area contributed by atoms with Gasteiger partial charge in [-0.15, -0.1) is 0 Å². The van der Waals surface area contributed by atoms with E-state index in [1.54, 1.807) is 18.2 Å². The van der Waals surface area contributed by atoms with Gasteiger partial charge >= 0.3 is 0 Å². The van der Waals surface area contributed by atoms with E-state index >= 15 is 0 Å². The van der Waals surface area contributed by atoms with Gasteiger partial charge in [-0.05, 0) is 24.6 Å². The monoisotopic (exact) mass is 442 g/mol. The summed E-state index contributed by atoms with van der Waals surface area (Å²) in [6, 6.07) is 5.20. The van der Waals surface area contributed by atoms with Crippen LogP contribution in [0.25, 0.3) is 0 Å². The lowest BCUT2D eigenvalue weighted by Gasteiger charge is -2.09. The number of carbonyl (C=O) groups is 1. The first kappa shape index (κ1) is 26.1. The van der Waals surface area contributed by atoms with Crippen LogP contribution in [-0.4, -0.2) is 19.0 Å². The SMILES string of the molecule is CCCCCCCCCCCCCCCCNC(=O)CNc1ccc(Cl)cc1Cl. The highest BCUT2D eigenvalue weighted by Crippen LogP contribution is 2.25. The molecule has 1 amide bonds. The number of halogens is 2. The smallest absolute Gasteiger partial charge is 0.239 e. The molecule has 2 N–H and O–H groups in total. The van der Waals surface area contributed by atoms with Gasteiger partial charge in [-0.1, -0.05) is 114 Å². The highest BCUT2D eigenvalue weighted by Gasteiger charge is 2.04. The Morgan fingerprint density at radius 1 is 0.793 bits per heavy atom. The van der Waals surface area contributed by atoms with Gasteiger partial charge in [0.05, 0.1) is 17.3 Å². The Hall–Kier alpha value is -0.930. The molecule has 1 rings (SSSR count). The molecular formula is C24H40Cl2N2O. The summed E-state index contributed by atoms with van der Waals surface area (Å²) in [6.45, 7) is 3.24. The number of unbranched alkanes of at least 4 members (excludes halogenated alkanes) is 13. The van der Waals surface area contributed by atoms with Crippen molar-refractivity contribution < 1.29 is 4.79 Å². The summed E-state index contributed by atoms with van der Waals surface area (Å²) >= 11 is 11.9. The maximum atomic E-state index is 11.9. The second-order valence-electron chi connectivity index (χ2n) is 7.92. The zero-order chi connectivity index (χ0) is 21.2. The van der Waals surface area contributed by atoms with E-state index in [9.17, 15) is 4.79 Å². The number of hydrogen-bond acceptors (Lipinski definition) is 2. The van der Waals surface area contributed by atoms with Crippen molar-refractivity contribution in [3.8, 4) is 0 Å². The van der Waals surface area contributed by atoms with Crippen LogP contribution in [0.5, 0.6) is 0 Å². The van der Waals surface area contributed by atoms with Gasteiger partial charge < -0.3 is 10.6 Å². The minimum Gasteiger partial charge on any atom is -0.375 e. The average Bonchev–Trinajstić information content (AvgIpc) is 2.70. The van der Waals surface area contributed by atoms with Crippen LogP contribution < -0.4 is 10.6 Å². The number of benzene rings is 1. The molecule has 0 saturated carbocycles. The minimum atomic E-state index is -0.00860. The Morgan fingerprint density at radius 2 is 1.31 bits per heavy atom. The van der Waals surface area contributed by atoms with E-state index in [0.29, 0.717) is 10.0 Å². The number of carbonyl (C=O) groups excluding carboxylic acids is 1. The van der Waals surface area contributed by atoms with Gasteiger partial charge in [0, 0.05) is 11.6 Å².